The van der Waals surface area contributed by atoms with E-state index >= 15 is 0 Å². The van der Waals surface area contributed by atoms with E-state index in [0.29, 0.717) is 0 Å². The Balaban J connectivity index is 2.80. The molecule has 0 saturated carbocycles. The molecule has 3 rings (SSSR count). The molecule has 0 atom stereocenters. The highest BCUT2D eigenvalue weighted by Gasteiger charge is 2.17. The first-order chi connectivity index (χ1) is 4.43. The molecule has 2 aromatic rings. The lowest BCUT2D eigenvalue weighted by Gasteiger charge is -1.88. The highest BCUT2D eigenvalue weighted by molar-refractivity contribution is 5.85. The second-order valence-electron chi connectivity index (χ2n) is 2.46. The molecular weight excluding hydrogens is 114 g/mol. The van der Waals surface area contributed by atoms with Crippen molar-refractivity contribution < 1.29 is 4.42 Å². The highest BCUT2D eigenvalue weighted by Crippen LogP contribution is 2.30. The smallest absolute Gasteiger partial charge is 0.119 e. The van der Waals surface area contributed by atoms with Crippen LogP contribution in [0.15, 0.2) is 16.7 Å². The Labute approximate surface area is 51.5 Å². The minimum absolute atomic E-state index is 0.968. The van der Waals surface area contributed by atoms with Crippen molar-refractivity contribution in [2.45, 2.75) is 6.42 Å². The Bertz CT molecular complexity index is 365. The first-order valence-electron chi connectivity index (χ1n) is 3.01. The molecule has 2 nitrogen and oxygen atoms in total. The van der Waals surface area contributed by atoms with Crippen LogP contribution in [0.4, 0.5) is 0 Å². The summed E-state index contributed by atoms with van der Waals surface area (Å²) in [6, 6.07) is 2.15. The van der Waals surface area contributed by atoms with Crippen LogP contribution in [0.3, 0.4) is 0 Å². The third-order valence-corrected chi connectivity index (χ3v) is 1.87. The van der Waals surface area contributed by atoms with Gasteiger partial charge >= 0.3 is 0 Å². The zero-order valence-corrected chi connectivity index (χ0v) is 4.77. The second kappa shape index (κ2) is 0.923. The van der Waals surface area contributed by atoms with E-state index < -0.39 is 0 Å². The lowest BCUT2D eigenvalue weighted by Crippen LogP contribution is -1.81. The van der Waals surface area contributed by atoms with Crippen molar-refractivity contribution >= 4 is 10.9 Å². The van der Waals surface area contributed by atoms with E-state index in [1.54, 1.807) is 6.26 Å². The van der Waals surface area contributed by atoms with Crippen LogP contribution in [-0.4, -0.2) is 4.98 Å². The van der Waals surface area contributed by atoms with Crippen LogP contribution in [0.25, 0.3) is 10.9 Å². The average molecular weight is 119 g/mol. The summed E-state index contributed by atoms with van der Waals surface area (Å²) in [5.74, 6) is 1.12. The summed E-state index contributed by atoms with van der Waals surface area (Å²) in [7, 11) is 0. The minimum atomic E-state index is 0.968. The zero-order chi connectivity index (χ0) is 5.84. The Morgan fingerprint density at radius 3 is 3.22 bits per heavy atom. The topological polar surface area (TPSA) is 28.9 Å². The number of H-pyrrole nitrogens is 1. The Morgan fingerprint density at radius 2 is 2.56 bits per heavy atom. The standard InChI is InChI=1S/C7H5NO/c1-4-2-7-5(1)6(8-4)3-9-7/h1,3,8H,2H2. The molecule has 2 heterocycles. The number of fused-ring (bicyclic) bond motifs is 1. The normalized spacial score (nSPS) is 14.2. The van der Waals surface area contributed by atoms with Gasteiger partial charge in [-0.2, -0.15) is 0 Å². The van der Waals surface area contributed by atoms with Crippen LogP contribution in [0, 0.1) is 0 Å². The summed E-state index contributed by atoms with van der Waals surface area (Å²) in [4.78, 5) is 3.22. The lowest BCUT2D eigenvalue weighted by molar-refractivity contribution is 0.530. The van der Waals surface area contributed by atoms with E-state index in [4.69, 9.17) is 4.42 Å². The quantitative estimate of drug-likeness (QED) is 0.479. The fourth-order valence-corrected chi connectivity index (χ4v) is 1.45. The molecule has 1 N–H and O–H groups in total. The van der Waals surface area contributed by atoms with Crippen molar-refractivity contribution in [2.75, 3.05) is 0 Å². The summed E-state index contributed by atoms with van der Waals surface area (Å²) in [5, 5.41) is 1.27. The summed E-state index contributed by atoms with van der Waals surface area (Å²) in [6.45, 7) is 0. The molecule has 1 aliphatic carbocycles. The molecule has 44 valence electrons. The first-order valence-corrected chi connectivity index (χ1v) is 3.01. The molecule has 2 bridgehead atoms. The fourth-order valence-electron chi connectivity index (χ4n) is 1.45. The van der Waals surface area contributed by atoms with Gasteiger partial charge in [-0.15, -0.1) is 0 Å². The van der Waals surface area contributed by atoms with Crippen LogP contribution in [0.2, 0.25) is 0 Å². The van der Waals surface area contributed by atoms with Crippen LogP contribution >= 0.6 is 0 Å². The van der Waals surface area contributed by atoms with Crippen molar-refractivity contribution in [3.63, 3.8) is 0 Å². The van der Waals surface area contributed by atoms with Gasteiger partial charge in [-0.1, -0.05) is 0 Å². The van der Waals surface area contributed by atoms with Crippen LogP contribution in [0.5, 0.6) is 0 Å². The maximum atomic E-state index is 5.23. The van der Waals surface area contributed by atoms with Crippen LogP contribution in [0.1, 0.15) is 11.5 Å². The summed E-state index contributed by atoms with van der Waals surface area (Å²) >= 11 is 0. The molecular formula is C7H5NO. The molecule has 9 heavy (non-hydrogen) atoms. The Kier molecular flexibility index (Phi) is 0.387. The summed E-state index contributed by atoms with van der Waals surface area (Å²) < 4.78 is 5.23. The largest absolute Gasteiger partial charge is 0.466 e. The van der Waals surface area contributed by atoms with Crippen LogP contribution in [-0.2, 0) is 6.42 Å². The predicted octanol–water partition coefficient (Wildman–Crippen LogP) is 1.67. The molecule has 0 aromatic carbocycles. The molecule has 0 amide bonds. The molecule has 0 aliphatic heterocycles. The van der Waals surface area contributed by atoms with Gasteiger partial charge < -0.3 is 9.40 Å². The molecule has 0 radical (unpaired) electrons. The SMILES string of the molecule is c1oc2c3cc([nH]c13)C2. The van der Waals surface area contributed by atoms with E-state index in [0.717, 1.165) is 17.7 Å². The van der Waals surface area contributed by atoms with Crippen molar-refractivity contribution in [2.24, 2.45) is 0 Å². The van der Waals surface area contributed by atoms with Crippen molar-refractivity contribution in [1.29, 1.82) is 0 Å². The lowest BCUT2D eigenvalue weighted by atomic mass is 10.3. The first kappa shape index (κ1) is 3.77. The molecule has 0 fully saturated rings. The number of nitrogens with one attached hydrogen (secondary N) is 1. The van der Waals surface area contributed by atoms with Gasteiger partial charge in [0.15, 0.2) is 0 Å². The molecule has 0 saturated heterocycles. The van der Waals surface area contributed by atoms with Crippen molar-refractivity contribution in [3.05, 3.63) is 23.8 Å². The number of aromatic amines is 1. The van der Waals surface area contributed by atoms with Gasteiger partial charge in [-0.05, 0) is 6.07 Å². The van der Waals surface area contributed by atoms with E-state index in [9.17, 15) is 0 Å². The van der Waals surface area contributed by atoms with Crippen molar-refractivity contribution in [1.82, 2.24) is 4.98 Å². The third kappa shape index (κ3) is 0.279. The second-order valence-corrected chi connectivity index (χ2v) is 2.46. The number of hydrogen-bond donors (Lipinski definition) is 1. The van der Waals surface area contributed by atoms with E-state index in [2.05, 4.69) is 11.1 Å². The molecule has 2 aromatic heterocycles. The predicted molar refractivity (Wildman–Crippen MR) is 33.4 cm³/mol. The number of hydrogen-bond acceptors (Lipinski definition) is 1. The van der Waals surface area contributed by atoms with Gasteiger partial charge in [0.2, 0.25) is 0 Å². The van der Waals surface area contributed by atoms with Gasteiger partial charge in [-0.25, -0.2) is 0 Å². The third-order valence-electron chi connectivity index (χ3n) is 1.87. The number of aromatic nitrogens is 1. The summed E-state index contributed by atoms with van der Waals surface area (Å²) in [6.07, 6.45) is 2.75. The zero-order valence-electron chi connectivity index (χ0n) is 4.77. The van der Waals surface area contributed by atoms with Crippen molar-refractivity contribution in [3.8, 4) is 0 Å². The molecule has 1 aliphatic rings. The van der Waals surface area contributed by atoms with Crippen LogP contribution < -0.4 is 0 Å². The Morgan fingerprint density at radius 1 is 1.56 bits per heavy atom. The van der Waals surface area contributed by atoms with Gasteiger partial charge in [0.05, 0.1) is 5.52 Å². The van der Waals surface area contributed by atoms with Gasteiger partial charge in [0.1, 0.15) is 12.0 Å². The van der Waals surface area contributed by atoms with E-state index in [1.165, 1.54) is 11.1 Å². The maximum absolute atomic E-state index is 5.23. The minimum Gasteiger partial charge on any atom is -0.466 e. The number of furan rings is 1. The molecule has 0 spiro atoms. The summed E-state index contributed by atoms with van der Waals surface area (Å²) in [5.41, 5.74) is 2.43. The van der Waals surface area contributed by atoms with Gasteiger partial charge in [0.25, 0.3) is 0 Å². The van der Waals surface area contributed by atoms with Gasteiger partial charge in [0, 0.05) is 17.5 Å². The number of rotatable bonds is 0. The average Bonchev–Trinajstić information content (AvgIpc) is 2.35. The fraction of sp³-hybridized carbons (Fsp3) is 0.143. The monoisotopic (exact) mass is 119 g/mol. The van der Waals surface area contributed by atoms with E-state index in [1.807, 2.05) is 0 Å². The van der Waals surface area contributed by atoms with E-state index in [-0.39, 0.29) is 0 Å². The van der Waals surface area contributed by atoms with Gasteiger partial charge in [-0.3, -0.25) is 0 Å². The Hall–Kier alpha value is -1.18. The maximum Gasteiger partial charge on any atom is 0.119 e. The molecule has 0 unspecified atom stereocenters. The molecule has 2 heteroatoms. The highest BCUT2D eigenvalue weighted by atomic mass is 16.3.